The van der Waals surface area contributed by atoms with Crippen molar-refractivity contribution in [2.75, 3.05) is 6.61 Å². The summed E-state index contributed by atoms with van der Waals surface area (Å²) in [6.07, 6.45) is 1.41. The lowest BCUT2D eigenvalue weighted by Crippen LogP contribution is -2.38. The van der Waals surface area contributed by atoms with Crippen molar-refractivity contribution in [3.05, 3.63) is 0 Å². The van der Waals surface area contributed by atoms with Crippen LogP contribution in [0.25, 0.3) is 0 Å². The van der Waals surface area contributed by atoms with Gasteiger partial charge in [-0.1, -0.05) is 13.8 Å². The Labute approximate surface area is 79.6 Å². The van der Waals surface area contributed by atoms with Crippen LogP contribution in [0.2, 0.25) is 0 Å². The van der Waals surface area contributed by atoms with E-state index in [4.69, 9.17) is 9.47 Å². The first kappa shape index (κ1) is 8.25. The van der Waals surface area contributed by atoms with Crippen LogP contribution < -0.4 is 0 Å². The van der Waals surface area contributed by atoms with Crippen LogP contribution >= 0.6 is 0 Å². The second-order valence-corrected chi connectivity index (χ2v) is 5.06. The lowest BCUT2D eigenvalue weighted by atomic mass is 9.69. The molecule has 0 aromatic rings. The topological polar surface area (TPSA) is 18.5 Å². The van der Waals surface area contributed by atoms with Crippen molar-refractivity contribution in [1.82, 2.24) is 0 Å². The lowest BCUT2D eigenvalue weighted by molar-refractivity contribution is 0.00921. The van der Waals surface area contributed by atoms with E-state index in [9.17, 15) is 0 Å². The van der Waals surface area contributed by atoms with Gasteiger partial charge in [-0.25, -0.2) is 0 Å². The second kappa shape index (κ2) is 2.48. The Kier molecular flexibility index (Phi) is 1.58. The highest BCUT2D eigenvalue weighted by Crippen LogP contribution is 2.53. The summed E-state index contributed by atoms with van der Waals surface area (Å²) in [5, 5.41) is 0. The molecule has 2 nitrogen and oxygen atoms in total. The number of hydrogen-bond donors (Lipinski definition) is 0. The zero-order valence-corrected chi connectivity index (χ0v) is 8.57. The van der Waals surface area contributed by atoms with Crippen LogP contribution in [0, 0.1) is 23.7 Å². The molecule has 7 atom stereocenters. The van der Waals surface area contributed by atoms with Gasteiger partial charge in [0.2, 0.25) is 0 Å². The third-order valence-electron chi connectivity index (χ3n) is 4.57. The van der Waals surface area contributed by atoms with Crippen molar-refractivity contribution >= 4 is 0 Å². The summed E-state index contributed by atoms with van der Waals surface area (Å²) >= 11 is 0. The Morgan fingerprint density at radius 3 is 2.46 bits per heavy atom. The smallest absolute Gasteiger partial charge is 0.0665 e. The van der Waals surface area contributed by atoms with Crippen molar-refractivity contribution in [2.45, 2.75) is 39.1 Å². The molecule has 0 saturated carbocycles. The fourth-order valence-electron chi connectivity index (χ4n) is 3.62. The second-order valence-electron chi connectivity index (χ2n) is 5.06. The highest BCUT2D eigenvalue weighted by Gasteiger charge is 2.60. The number of rotatable bonds is 0. The van der Waals surface area contributed by atoms with E-state index in [0.717, 1.165) is 18.4 Å². The van der Waals surface area contributed by atoms with Gasteiger partial charge < -0.3 is 9.47 Å². The summed E-state index contributed by atoms with van der Waals surface area (Å²) < 4.78 is 11.8. The molecule has 74 valence electrons. The standard InChI is InChI=1S/C11H18O2/c1-5-6(2)11-9-7(3)12-4-8(9)10(5)13-11/h5-11H,4H2,1-3H3. The summed E-state index contributed by atoms with van der Waals surface area (Å²) in [6.45, 7) is 7.79. The number of hydrogen-bond acceptors (Lipinski definition) is 2. The molecule has 0 spiro atoms. The van der Waals surface area contributed by atoms with Gasteiger partial charge in [-0.2, -0.15) is 0 Å². The molecule has 13 heavy (non-hydrogen) atoms. The molecule has 0 aromatic carbocycles. The van der Waals surface area contributed by atoms with Gasteiger partial charge in [0.25, 0.3) is 0 Å². The SMILES string of the molecule is CC1OCC2C3OC(C(C)C3C)C12. The first-order chi connectivity index (χ1) is 6.20. The van der Waals surface area contributed by atoms with E-state index >= 15 is 0 Å². The number of fused-ring (bicyclic) bond motifs is 5. The van der Waals surface area contributed by atoms with E-state index < -0.39 is 0 Å². The van der Waals surface area contributed by atoms with E-state index in [1.54, 1.807) is 0 Å². The third-order valence-corrected chi connectivity index (χ3v) is 4.57. The highest BCUT2D eigenvalue weighted by molar-refractivity contribution is 5.06. The van der Waals surface area contributed by atoms with Crippen molar-refractivity contribution in [2.24, 2.45) is 23.7 Å². The summed E-state index contributed by atoms with van der Waals surface area (Å²) in [7, 11) is 0. The molecular weight excluding hydrogens is 164 g/mol. The van der Waals surface area contributed by atoms with E-state index in [1.807, 2.05) is 0 Å². The fourth-order valence-corrected chi connectivity index (χ4v) is 3.62. The quantitative estimate of drug-likeness (QED) is 0.567. The Morgan fingerprint density at radius 1 is 1.00 bits per heavy atom. The van der Waals surface area contributed by atoms with Crippen LogP contribution in [-0.4, -0.2) is 24.9 Å². The summed E-state index contributed by atoms with van der Waals surface area (Å²) in [6, 6.07) is 0. The van der Waals surface area contributed by atoms with Crippen LogP contribution in [0.4, 0.5) is 0 Å². The van der Waals surface area contributed by atoms with Gasteiger partial charge in [-0.05, 0) is 18.8 Å². The molecule has 0 aromatic heterocycles. The van der Waals surface area contributed by atoms with E-state index in [0.29, 0.717) is 30.1 Å². The molecule has 3 heterocycles. The highest BCUT2D eigenvalue weighted by atomic mass is 16.5. The molecular formula is C11H18O2. The molecule has 2 bridgehead atoms. The molecule has 3 aliphatic rings. The molecule has 2 heteroatoms. The van der Waals surface area contributed by atoms with Crippen LogP contribution in [0.5, 0.6) is 0 Å². The van der Waals surface area contributed by atoms with Gasteiger partial charge in [0, 0.05) is 11.8 Å². The molecule has 0 aliphatic carbocycles. The van der Waals surface area contributed by atoms with Crippen molar-refractivity contribution < 1.29 is 9.47 Å². The van der Waals surface area contributed by atoms with E-state index in [1.165, 1.54) is 0 Å². The van der Waals surface area contributed by atoms with Crippen molar-refractivity contribution in [1.29, 1.82) is 0 Å². The third kappa shape index (κ3) is 0.861. The molecule has 3 rings (SSSR count). The Bertz CT molecular complexity index is 228. The van der Waals surface area contributed by atoms with Gasteiger partial charge >= 0.3 is 0 Å². The first-order valence-corrected chi connectivity index (χ1v) is 5.47. The molecule has 3 fully saturated rings. The number of ether oxygens (including phenoxy) is 2. The van der Waals surface area contributed by atoms with Crippen LogP contribution in [0.15, 0.2) is 0 Å². The predicted molar refractivity (Wildman–Crippen MR) is 49.4 cm³/mol. The molecule has 3 saturated heterocycles. The zero-order valence-electron chi connectivity index (χ0n) is 8.57. The minimum Gasteiger partial charge on any atom is -0.378 e. The summed E-state index contributed by atoms with van der Waals surface area (Å²) in [5.41, 5.74) is 0. The van der Waals surface area contributed by atoms with Crippen LogP contribution in [0.3, 0.4) is 0 Å². The van der Waals surface area contributed by atoms with Crippen molar-refractivity contribution in [3.8, 4) is 0 Å². The Balaban J connectivity index is 1.92. The minimum absolute atomic E-state index is 0.426. The first-order valence-electron chi connectivity index (χ1n) is 5.47. The summed E-state index contributed by atoms with van der Waals surface area (Å²) in [5.74, 6) is 2.86. The Morgan fingerprint density at radius 2 is 1.69 bits per heavy atom. The maximum Gasteiger partial charge on any atom is 0.0665 e. The Hall–Kier alpha value is -0.0800. The molecule has 3 aliphatic heterocycles. The van der Waals surface area contributed by atoms with Crippen LogP contribution in [0.1, 0.15) is 20.8 Å². The van der Waals surface area contributed by atoms with E-state index in [2.05, 4.69) is 20.8 Å². The zero-order chi connectivity index (χ0) is 9.16. The monoisotopic (exact) mass is 182 g/mol. The normalized spacial score (nSPS) is 64.4. The van der Waals surface area contributed by atoms with Gasteiger partial charge in [-0.3, -0.25) is 0 Å². The predicted octanol–water partition coefficient (Wildman–Crippen LogP) is 1.69. The van der Waals surface area contributed by atoms with Crippen molar-refractivity contribution in [3.63, 3.8) is 0 Å². The molecule has 7 unspecified atom stereocenters. The fraction of sp³-hybridized carbons (Fsp3) is 1.00. The minimum atomic E-state index is 0.426. The average Bonchev–Trinajstić information content (AvgIpc) is 2.70. The van der Waals surface area contributed by atoms with Crippen LogP contribution in [-0.2, 0) is 9.47 Å². The lowest BCUT2D eigenvalue weighted by Gasteiger charge is -2.30. The largest absolute Gasteiger partial charge is 0.378 e. The summed E-state index contributed by atoms with van der Waals surface area (Å²) in [4.78, 5) is 0. The van der Waals surface area contributed by atoms with Gasteiger partial charge in [0.05, 0.1) is 24.9 Å². The van der Waals surface area contributed by atoms with Gasteiger partial charge in [0.15, 0.2) is 0 Å². The average molecular weight is 182 g/mol. The molecule has 0 radical (unpaired) electrons. The maximum absolute atomic E-state index is 6.05. The molecule has 0 N–H and O–H groups in total. The van der Waals surface area contributed by atoms with Gasteiger partial charge in [0.1, 0.15) is 0 Å². The van der Waals surface area contributed by atoms with E-state index in [-0.39, 0.29) is 0 Å². The molecule has 0 amide bonds. The van der Waals surface area contributed by atoms with Gasteiger partial charge in [-0.15, -0.1) is 0 Å². The maximum atomic E-state index is 6.05.